The third-order valence-electron chi connectivity index (χ3n) is 1.13. The first-order valence-corrected chi connectivity index (χ1v) is 3.64. The average Bonchev–Trinajstić information content (AvgIpc) is 1.87. The van der Waals surface area contributed by atoms with Crippen LogP contribution in [0.15, 0.2) is 0 Å². The predicted molar refractivity (Wildman–Crippen MR) is 38.8 cm³/mol. The van der Waals surface area contributed by atoms with Gasteiger partial charge in [-0.15, -0.1) is 0 Å². The van der Waals surface area contributed by atoms with Gasteiger partial charge in [0.15, 0.2) is 0 Å². The van der Waals surface area contributed by atoms with Crippen molar-refractivity contribution in [3.63, 3.8) is 0 Å². The van der Waals surface area contributed by atoms with Gasteiger partial charge in [-0.05, 0) is 19.8 Å². The third-order valence-corrected chi connectivity index (χ3v) is 1.13. The van der Waals surface area contributed by atoms with Gasteiger partial charge in [0.25, 0.3) is 0 Å². The predicted octanol–water partition coefficient (Wildman–Crippen LogP) is 0.156. The van der Waals surface area contributed by atoms with Gasteiger partial charge in [-0.1, -0.05) is 0 Å². The summed E-state index contributed by atoms with van der Waals surface area (Å²) in [5.41, 5.74) is 0. The van der Waals surface area contributed by atoms with Gasteiger partial charge in [0, 0.05) is 19.8 Å². The van der Waals surface area contributed by atoms with Gasteiger partial charge in [-0.3, -0.25) is 0 Å². The molecule has 0 saturated heterocycles. The Morgan fingerprint density at radius 1 is 1.40 bits per heavy atom. The summed E-state index contributed by atoms with van der Waals surface area (Å²) in [5.74, 6) is 0. The van der Waals surface area contributed by atoms with E-state index in [1.165, 1.54) is 0 Å². The zero-order chi connectivity index (χ0) is 7.82. The summed E-state index contributed by atoms with van der Waals surface area (Å²) in [4.78, 5) is 0. The Balaban J connectivity index is 2.77. The maximum Gasteiger partial charge on any atom is 0.0534 e. The lowest BCUT2D eigenvalue weighted by Gasteiger charge is -2.04. The van der Waals surface area contributed by atoms with Crippen molar-refractivity contribution in [2.24, 2.45) is 0 Å². The molecule has 0 unspecified atom stereocenters. The Kier molecular flexibility index (Phi) is 6.91. The fourth-order valence-electron chi connectivity index (χ4n) is 0.523. The van der Waals surface area contributed by atoms with Crippen LogP contribution in [0.3, 0.4) is 0 Å². The minimum Gasteiger partial charge on any atom is -0.396 e. The van der Waals surface area contributed by atoms with Crippen LogP contribution in [0.4, 0.5) is 0 Å². The molecule has 0 aliphatic heterocycles. The molecule has 0 heterocycles. The lowest BCUT2D eigenvalue weighted by molar-refractivity contribution is 0.0804. The van der Waals surface area contributed by atoms with Gasteiger partial charge in [-0.25, -0.2) is 0 Å². The second-order valence-corrected chi connectivity index (χ2v) is 2.33. The van der Waals surface area contributed by atoms with Gasteiger partial charge in [0.2, 0.25) is 0 Å². The van der Waals surface area contributed by atoms with Crippen LogP contribution in [0.1, 0.15) is 19.8 Å². The largest absolute Gasteiger partial charge is 0.396 e. The molecule has 3 heteroatoms. The summed E-state index contributed by atoms with van der Waals surface area (Å²) >= 11 is 0. The summed E-state index contributed by atoms with van der Waals surface area (Å²) in [6, 6.07) is 0. The topological polar surface area (TPSA) is 49.7 Å². The van der Waals surface area contributed by atoms with E-state index in [-0.39, 0.29) is 12.7 Å². The number of hydrogen-bond acceptors (Lipinski definition) is 3. The molecule has 3 nitrogen and oxygen atoms in total. The first-order valence-electron chi connectivity index (χ1n) is 3.64. The average molecular weight is 148 g/mol. The highest BCUT2D eigenvalue weighted by atomic mass is 16.5. The van der Waals surface area contributed by atoms with Crippen LogP contribution < -0.4 is 0 Å². The van der Waals surface area contributed by atoms with Crippen molar-refractivity contribution in [2.75, 3.05) is 19.8 Å². The lowest BCUT2D eigenvalue weighted by atomic mass is 10.3. The van der Waals surface area contributed by atoms with Crippen molar-refractivity contribution in [1.29, 1.82) is 0 Å². The summed E-state index contributed by atoms with van der Waals surface area (Å²) in [7, 11) is 0. The quantitative estimate of drug-likeness (QED) is 0.527. The van der Waals surface area contributed by atoms with E-state index in [1.54, 1.807) is 6.92 Å². The van der Waals surface area contributed by atoms with Crippen LogP contribution in [0.25, 0.3) is 0 Å². The molecule has 1 atom stereocenters. The molecular weight excluding hydrogens is 132 g/mol. The molecule has 0 fully saturated rings. The molecule has 62 valence electrons. The van der Waals surface area contributed by atoms with Crippen LogP contribution in [0, 0.1) is 0 Å². The number of rotatable bonds is 6. The van der Waals surface area contributed by atoms with E-state index >= 15 is 0 Å². The summed E-state index contributed by atoms with van der Waals surface area (Å²) in [6.45, 7) is 3.07. The van der Waals surface area contributed by atoms with Gasteiger partial charge >= 0.3 is 0 Å². The lowest BCUT2D eigenvalue weighted by Crippen LogP contribution is -2.06. The molecule has 10 heavy (non-hydrogen) atoms. The molecule has 0 bridgehead atoms. The Hall–Kier alpha value is -0.120. The van der Waals surface area contributed by atoms with E-state index < -0.39 is 0 Å². The molecule has 0 aliphatic carbocycles. The Morgan fingerprint density at radius 3 is 2.60 bits per heavy atom. The van der Waals surface area contributed by atoms with Crippen molar-refractivity contribution in [2.45, 2.75) is 25.9 Å². The van der Waals surface area contributed by atoms with Crippen molar-refractivity contribution in [3.8, 4) is 0 Å². The Morgan fingerprint density at radius 2 is 2.10 bits per heavy atom. The second kappa shape index (κ2) is 6.99. The van der Waals surface area contributed by atoms with Crippen LogP contribution in [0.2, 0.25) is 0 Å². The van der Waals surface area contributed by atoms with E-state index in [9.17, 15) is 0 Å². The smallest absolute Gasteiger partial charge is 0.0534 e. The SMILES string of the molecule is C[C@@H](O)CCOCCCO. The Labute approximate surface area is 61.6 Å². The minimum absolute atomic E-state index is 0.175. The first-order chi connectivity index (χ1) is 4.77. The molecule has 0 spiro atoms. The van der Waals surface area contributed by atoms with Crippen LogP contribution in [-0.2, 0) is 4.74 Å². The summed E-state index contributed by atoms with van der Waals surface area (Å²) in [5, 5.41) is 17.1. The summed E-state index contributed by atoms with van der Waals surface area (Å²) in [6.07, 6.45) is 1.07. The minimum atomic E-state index is -0.283. The fourth-order valence-corrected chi connectivity index (χ4v) is 0.523. The molecule has 0 saturated carbocycles. The van der Waals surface area contributed by atoms with E-state index in [2.05, 4.69) is 0 Å². The molecule has 0 aromatic rings. The van der Waals surface area contributed by atoms with Gasteiger partial charge in [0.1, 0.15) is 0 Å². The van der Waals surface area contributed by atoms with E-state index in [0.29, 0.717) is 26.1 Å². The fraction of sp³-hybridized carbons (Fsp3) is 1.00. The normalized spacial score (nSPS) is 13.5. The van der Waals surface area contributed by atoms with Gasteiger partial charge in [0.05, 0.1) is 6.10 Å². The highest BCUT2D eigenvalue weighted by molar-refractivity contribution is 4.44. The van der Waals surface area contributed by atoms with E-state index in [1.807, 2.05) is 0 Å². The molecule has 0 rings (SSSR count). The molecule has 0 aromatic carbocycles. The second-order valence-electron chi connectivity index (χ2n) is 2.33. The zero-order valence-corrected chi connectivity index (χ0v) is 6.42. The monoisotopic (exact) mass is 148 g/mol. The number of aliphatic hydroxyl groups is 2. The first kappa shape index (κ1) is 9.88. The van der Waals surface area contributed by atoms with Crippen LogP contribution >= 0.6 is 0 Å². The highest BCUT2D eigenvalue weighted by Crippen LogP contribution is 1.90. The summed E-state index contributed by atoms with van der Waals surface area (Å²) < 4.78 is 5.06. The van der Waals surface area contributed by atoms with Crippen LogP contribution in [0.5, 0.6) is 0 Å². The molecule has 0 amide bonds. The van der Waals surface area contributed by atoms with Gasteiger partial charge in [-0.2, -0.15) is 0 Å². The van der Waals surface area contributed by atoms with Crippen LogP contribution in [-0.4, -0.2) is 36.1 Å². The number of hydrogen-bond donors (Lipinski definition) is 2. The molecule has 0 aliphatic rings. The zero-order valence-electron chi connectivity index (χ0n) is 6.42. The van der Waals surface area contributed by atoms with Crippen molar-refractivity contribution >= 4 is 0 Å². The highest BCUT2D eigenvalue weighted by Gasteiger charge is 1.93. The standard InChI is InChI=1S/C7H16O3/c1-7(9)3-6-10-5-2-4-8/h7-9H,2-6H2,1H3/t7-/m1/s1. The van der Waals surface area contributed by atoms with E-state index in [0.717, 1.165) is 0 Å². The number of ether oxygens (including phenoxy) is 1. The molecule has 2 N–H and O–H groups in total. The van der Waals surface area contributed by atoms with Crippen molar-refractivity contribution < 1.29 is 14.9 Å². The third kappa shape index (κ3) is 7.88. The Bertz CT molecular complexity index is 63.9. The number of aliphatic hydroxyl groups excluding tert-OH is 2. The molecule has 0 radical (unpaired) electrons. The van der Waals surface area contributed by atoms with Gasteiger partial charge < -0.3 is 14.9 Å². The maximum atomic E-state index is 8.78. The molecular formula is C7H16O3. The molecule has 0 aromatic heterocycles. The maximum absolute atomic E-state index is 8.78. The van der Waals surface area contributed by atoms with Crippen molar-refractivity contribution in [1.82, 2.24) is 0 Å². The van der Waals surface area contributed by atoms with Crippen molar-refractivity contribution in [3.05, 3.63) is 0 Å². The van der Waals surface area contributed by atoms with E-state index in [4.69, 9.17) is 14.9 Å².